The molecule has 1 aliphatic rings. The van der Waals surface area contributed by atoms with E-state index in [9.17, 15) is 9.59 Å². The summed E-state index contributed by atoms with van der Waals surface area (Å²) >= 11 is 0. The number of hydrogen-bond acceptors (Lipinski definition) is 3. The molecule has 5 nitrogen and oxygen atoms in total. The van der Waals surface area contributed by atoms with Gasteiger partial charge in [-0.1, -0.05) is 84.9 Å². The van der Waals surface area contributed by atoms with Crippen LogP contribution in [0, 0.1) is 0 Å². The van der Waals surface area contributed by atoms with Gasteiger partial charge >= 0.3 is 0 Å². The Bertz CT molecular complexity index is 1360. The Labute approximate surface area is 205 Å². The van der Waals surface area contributed by atoms with Crippen LogP contribution < -0.4 is 10.6 Å². The number of methoxy groups -OCH3 is 1. The van der Waals surface area contributed by atoms with E-state index in [1.165, 1.54) is 16.3 Å². The number of carbonyl (C=O) groups is 2. The van der Waals surface area contributed by atoms with Crippen LogP contribution in [0.1, 0.15) is 44.6 Å². The van der Waals surface area contributed by atoms with Gasteiger partial charge in [0.05, 0.1) is 6.61 Å². The summed E-state index contributed by atoms with van der Waals surface area (Å²) in [5.41, 5.74) is 4.57. The van der Waals surface area contributed by atoms with Gasteiger partial charge < -0.3 is 15.4 Å². The Balaban J connectivity index is 1.36. The van der Waals surface area contributed by atoms with Crippen molar-refractivity contribution in [1.29, 1.82) is 0 Å². The third kappa shape index (κ3) is 4.81. The van der Waals surface area contributed by atoms with Crippen LogP contribution in [0.2, 0.25) is 0 Å². The summed E-state index contributed by atoms with van der Waals surface area (Å²) < 4.78 is 5.57. The third-order valence-corrected chi connectivity index (χ3v) is 6.63. The second kappa shape index (κ2) is 10.1. The zero-order valence-corrected chi connectivity index (χ0v) is 19.7. The number of hydrogen-bond donors (Lipinski definition) is 2. The molecule has 0 fully saturated rings. The van der Waals surface area contributed by atoms with Gasteiger partial charge in [-0.15, -0.1) is 0 Å². The molecule has 4 aromatic carbocycles. The molecule has 0 saturated carbocycles. The molecule has 0 saturated heterocycles. The van der Waals surface area contributed by atoms with Crippen LogP contribution in [-0.4, -0.2) is 25.5 Å². The molecule has 0 aromatic heterocycles. The molecule has 0 spiro atoms. The van der Waals surface area contributed by atoms with Crippen LogP contribution in [0.4, 0.5) is 0 Å². The number of ether oxygens (including phenoxy) is 1. The first-order chi connectivity index (χ1) is 17.1. The zero-order valence-electron chi connectivity index (χ0n) is 19.7. The highest BCUT2D eigenvalue weighted by Crippen LogP contribution is 2.31. The van der Waals surface area contributed by atoms with E-state index in [1.54, 1.807) is 7.11 Å². The molecule has 2 N–H and O–H groups in total. The third-order valence-electron chi connectivity index (χ3n) is 6.63. The average Bonchev–Trinajstić information content (AvgIpc) is 3.23. The lowest BCUT2D eigenvalue weighted by molar-refractivity contribution is -0.123. The van der Waals surface area contributed by atoms with Crippen LogP contribution in [0.3, 0.4) is 0 Å². The van der Waals surface area contributed by atoms with Gasteiger partial charge in [0.1, 0.15) is 6.04 Å². The maximum absolute atomic E-state index is 12.8. The second-order valence-corrected chi connectivity index (χ2v) is 8.96. The molecule has 2 unspecified atom stereocenters. The summed E-state index contributed by atoms with van der Waals surface area (Å²) in [6, 6.07) is 29.6. The van der Waals surface area contributed by atoms with Crippen molar-refractivity contribution < 1.29 is 14.3 Å². The molecule has 1 aliphatic heterocycles. The van der Waals surface area contributed by atoms with Crippen molar-refractivity contribution >= 4 is 22.6 Å². The first-order valence-electron chi connectivity index (χ1n) is 11.9. The van der Waals surface area contributed by atoms with Crippen molar-refractivity contribution in [2.24, 2.45) is 0 Å². The highest BCUT2D eigenvalue weighted by atomic mass is 16.5. The summed E-state index contributed by atoms with van der Waals surface area (Å²) in [4.78, 5) is 25.6. The highest BCUT2D eigenvalue weighted by Gasteiger charge is 2.33. The standard InChI is InChI=1S/C30H28N2O3/c1-35-19-23(25-13-7-11-22-10-5-6-12-24(22)25)16-21-14-15-26-27(17-21)29(33)32-28(26)30(34)31-18-20-8-3-2-4-9-20/h2-15,17,23,28H,16,18-19H2,1H3,(H,31,34)(H,32,33). The van der Waals surface area contributed by atoms with E-state index >= 15 is 0 Å². The summed E-state index contributed by atoms with van der Waals surface area (Å²) in [5, 5.41) is 8.19. The predicted molar refractivity (Wildman–Crippen MR) is 137 cm³/mol. The number of rotatable bonds is 8. The minimum atomic E-state index is -0.678. The SMILES string of the molecule is COCC(Cc1ccc2c(c1)C(=O)NC2C(=O)NCc1ccccc1)c1cccc2ccccc12. The van der Waals surface area contributed by atoms with Gasteiger partial charge in [0.2, 0.25) is 5.91 Å². The second-order valence-electron chi connectivity index (χ2n) is 8.96. The van der Waals surface area contributed by atoms with E-state index in [0.717, 1.165) is 23.1 Å². The molecule has 0 bridgehead atoms. The van der Waals surface area contributed by atoms with Crippen molar-refractivity contribution in [2.75, 3.05) is 13.7 Å². The fourth-order valence-electron chi connectivity index (χ4n) is 4.91. The number of carbonyl (C=O) groups excluding carboxylic acids is 2. The largest absolute Gasteiger partial charge is 0.384 e. The molecule has 176 valence electrons. The molecule has 0 radical (unpaired) electrons. The summed E-state index contributed by atoms with van der Waals surface area (Å²) in [6.45, 7) is 0.991. The normalized spacial score (nSPS) is 15.5. The molecule has 4 aromatic rings. The van der Waals surface area contributed by atoms with Gasteiger partial charge in [0.25, 0.3) is 5.91 Å². The van der Waals surface area contributed by atoms with Crippen LogP contribution >= 0.6 is 0 Å². The van der Waals surface area contributed by atoms with E-state index in [1.807, 2.05) is 54.6 Å². The van der Waals surface area contributed by atoms with E-state index in [2.05, 4.69) is 47.0 Å². The van der Waals surface area contributed by atoms with E-state index < -0.39 is 6.04 Å². The van der Waals surface area contributed by atoms with Gasteiger partial charge in [-0.25, -0.2) is 0 Å². The quantitative estimate of drug-likeness (QED) is 0.389. The van der Waals surface area contributed by atoms with E-state index in [4.69, 9.17) is 4.74 Å². The van der Waals surface area contributed by atoms with Crippen molar-refractivity contribution in [2.45, 2.75) is 24.9 Å². The van der Waals surface area contributed by atoms with Crippen LogP contribution in [0.5, 0.6) is 0 Å². The first kappa shape index (κ1) is 22.8. The number of amides is 2. The van der Waals surface area contributed by atoms with Crippen LogP contribution in [0.25, 0.3) is 10.8 Å². The Morgan fingerprint density at radius 3 is 2.54 bits per heavy atom. The molecule has 1 heterocycles. The lowest BCUT2D eigenvalue weighted by atomic mass is 9.88. The topological polar surface area (TPSA) is 67.4 Å². The van der Waals surface area contributed by atoms with Gasteiger partial charge in [-0.2, -0.15) is 0 Å². The Morgan fingerprint density at radius 1 is 0.943 bits per heavy atom. The first-order valence-corrected chi connectivity index (χ1v) is 11.9. The van der Waals surface area contributed by atoms with Gasteiger partial charge in [-0.05, 0) is 45.5 Å². The summed E-state index contributed by atoms with van der Waals surface area (Å²) in [6.07, 6.45) is 0.729. The molecular weight excluding hydrogens is 436 g/mol. The van der Waals surface area contributed by atoms with Crippen molar-refractivity contribution in [3.8, 4) is 0 Å². The van der Waals surface area contributed by atoms with Crippen molar-refractivity contribution in [3.05, 3.63) is 119 Å². The lowest BCUT2D eigenvalue weighted by Gasteiger charge is -2.19. The number of nitrogens with one attached hydrogen (secondary N) is 2. The molecule has 5 rings (SSSR count). The number of fused-ring (bicyclic) bond motifs is 2. The average molecular weight is 465 g/mol. The van der Waals surface area contributed by atoms with Crippen molar-refractivity contribution in [3.63, 3.8) is 0 Å². The predicted octanol–water partition coefficient (Wildman–Crippen LogP) is 4.91. The van der Waals surface area contributed by atoms with Gasteiger partial charge in [0, 0.05) is 25.1 Å². The highest BCUT2D eigenvalue weighted by molar-refractivity contribution is 6.04. The van der Waals surface area contributed by atoms with Crippen LogP contribution in [-0.2, 0) is 22.5 Å². The zero-order chi connectivity index (χ0) is 24.2. The van der Waals surface area contributed by atoms with E-state index in [0.29, 0.717) is 18.7 Å². The monoisotopic (exact) mass is 464 g/mol. The minimum Gasteiger partial charge on any atom is -0.384 e. The molecule has 2 amide bonds. The molecule has 2 atom stereocenters. The van der Waals surface area contributed by atoms with Crippen LogP contribution in [0.15, 0.2) is 91.0 Å². The number of benzene rings is 4. The molecular formula is C30H28N2O3. The summed E-state index contributed by atoms with van der Waals surface area (Å²) in [5.74, 6) is -0.282. The molecule has 35 heavy (non-hydrogen) atoms. The Kier molecular flexibility index (Phi) is 6.59. The summed E-state index contributed by atoms with van der Waals surface area (Å²) in [7, 11) is 1.72. The Morgan fingerprint density at radius 2 is 1.71 bits per heavy atom. The molecule has 5 heteroatoms. The lowest BCUT2D eigenvalue weighted by Crippen LogP contribution is -2.35. The maximum atomic E-state index is 12.8. The maximum Gasteiger partial charge on any atom is 0.252 e. The minimum absolute atomic E-state index is 0.138. The smallest absolute Gasteiger partial charge is 0.252 e. The fraction of sp³-hybridized carbons (Fsp3) is 0.200. The van der Waals surface area contributed by atoms with Crippen molar-refractivity contribution in [1.82, 2.24) is 10.6 Å². The van der Waals surface area contributed by atoms with E-state index in [-0.39, 0.29) is 17.7 Å². The molecule has 0 aliphatic carbocycles. The van der Waals surface area contributed by atoms with Gasteiger partial charge in [0.15, 0.2) is 0 Å². The van der Waals surface area contributed by atoms with Gasteiger partial charge in [-0.3, -0.25) is 9.59 Å². The Hall–Kier alpha value is -3.96. The fourth-order valence-corrected chi connectivity index (χ4v) is 4.91.